The van der Waals surface area contributed by atoms with Crippen LogP contribution in [0.3, 0.4) is 0 Å². The third kappa shape index (κ3) is 4.53. The first-order valence-electron chi connectivity index (χ1n) is 11.4. The van der Waals surface area contributed by atoms with E-state index in [1.165, 1.54) is 10.9 Å². The van der Waals surface area contributed by atoms with E-state index in [0.717, 1.165) is 0 Å². The highest BCUT2D eigenvalue weighted by molar-refractivity contribution is 6.31. The second-order valence-electron chi connectivity index (χ2n) is 8.55. The topological polar surface area (TPSA) is 118 Å². The van der Waals surface area contributed by atoms with Gasteiger partial charge in [-0.2, -0.15) is 15.5 Å². The maximum absolute atomic E-state index is 13.3. The van der Waals surface area contributed by atoms with Crippen molar-refractivity contribution in [3.8, 4) is 23.1 Å². The lowest BCUT2D eigenvalue weighted by atomic mass is 10.0. The first kappa shape index (κ1) is 23.5. The Morgan fingerprint density at radius 2 is 2.19 bits per heavy atom. The molecule has 36 heavy (non-hydrogen) atoms. The van der Waals surface area contributed by atoms with E-state index in [4.69, 9.17) is 21.6 Å². The Balaban J connectivity index is 1.49. The highest BCUT2D eigenvalue weighted by atomic mass is 35.5. The molecule has 0 N–H and O–H groups in total. The van der Waals surface area contributed by atoms with Gasteiger partial charge in [-0.05, 0) is 30.7 Å². The minimum atomic E-state index is -0.187. The van der Waals surface area contributed by atoms with Crippen molar-refractivity contribution < 1.29 is 14.3 Å². The van der Waals surface area contributed by atoms with E-state index >= 15 is 0 Å². The van der Waals surface area contributed by atoms with Crippen molar-refractivity contribution in [2.75, 3.05) is 20.2 Å². The summed E-state index contributed by atoms with van der Waals surface area (Å²) in [6, 6.07) is 9.11. The van der Waals surface area contributed by atoms with E-state index in [1.807, 2.05) is 0 Å². The minimum absolute atomic E-state index is 0.0112. The Bertz CT molecular complexity index is 1500. The summed E-state index contributed by atoms with van der Waals surface area (Å²) in [6.07, 6.45) is 7.20. The molecule has 0 spiro atoms. The molecule has 1 unspecified atom stereocenters. The summed E-state index contributed by atoms with van der Waals surface area (Å²) in [4.78, 5) is 32.1. The molecule has 1 aliphatic rings. The molecule has 11 heteroatoms. The maximum Gasteiger partial charge on any atom is 0.244 e. The van der Waals surface area contributed by atoms with E-state index in [-0.39, 0.29) is 30.6 Å². The van der Waals surface area contributed by atoms with E-state index in [0.29, 0.717) is 58.3 Å². The second-order valence-corrected chi connectivity index (χ2v) is 8.98. The minimum Gasteiger partial charge on any atom is -0.496 e. The zero-order valence-electron chi connectivity index (χ0n) is 19.5. The van der Waals surface area contributed by atoms with Crippen LogP contribution in [0.4, 0.5) is 0 Å². The van der Waals surface area contributed by atoms with Gasteiger partial charge in [-0.3, -0.25) is 14.3 Å². The molecule has 0 saturated carbocycles. The van der Waals surface area contributed by atoms with Gasteiger partial charge >= 0.3 is 0 Å². The lowest BCUT2D eigenvalue weighted by Crippen LogP contribution is -2.32. The normalized spacial score (nSPS) is 15.2. The standard InChI is InChI=1S/C25H22ClN7O3/c1-36-22-4-3-18(26)10-19(22)24-17(9-21(34)20-12-29-33-7-2-6-28-25(20)33)14-32(30-24)15-23(35)31-8-5-16(11-27)13-31/h2-4,6-7,10,12,14,16H,5,8-9,13,15H2,1H3. The summed E-state index contributed by atoms with van der Waals surface area (Å²) >= 11 is 6.27. The number of fused-ring (bicyclic) bond motifs is 1. The van der Waals surface area contributed by atoms with Crippen LogP contribution in [0.2, 0.25) is 5.02 Å². The van der Waals surface area contributed by atoms with Crippen LogP contribution in [-0.2, 0) is 17.8 Å². The molecule has 1 amide bonds. The molecule has 1 atom stereocenters. The van der Waals surface area contributed by atoms with Crippen LogP contribution in [-0.4, -0.2) is 61.2 Å². The summed E-state index contributed by atoms with van der Waals surface area (Å²) in [6.45, 7) is 0.944. The molecule has 182 valence electrons. The number of hydrogen-bond donors (Lipinski definition) is 0. The monoisotopic (exact) mass is 503 g/mol. The SMILES string of the molecule is COc1ccc(Cl)cc1-c1nn(CC(=O)N2CCC(C#N)C2)cc1CC(=O)c1cnn2cccnc12. The van der Waals surface area contributed by atoms with Gasteiger partial charge in [0.1, 0.15) is 12.3 Å². The quantitative estimate of drug-likeness (QED) is 0.355. The number of halogens is 1. The number of carbonyl (C=O) groups excluding carboxylic acids is 2. The summed E-state index contributed by atoms with van der Waals surface area (Å²) in [5.74, 6) is 0.0713. The van der Waals surface area contributed by atoms with E-state index in [9.17, 15) is 9.59 Å². The Kier molecular flexibility index (Phi) is 6.40. The lowest BCUT2D eigenvalue weighted by Gasteiger charge is -2.15. The van der Waals surface area contributed by atoms with Gasteiger partial charge in [0.2, 0.25) is 5.91 Å². The molecule has 4 aromatic rings. The Morgan fingerprint density at radius 1 is 1.33 bits per heavy atom. The number of hydrogen-bond acceptors (Lipinski definition) is 7. The smallest absolute Gasteiger partial charge is 0.244 e. The number of nitriles is 1. The Morgan fingerprint density at radius 3 is 2.97 bits per heavy atom. The fourth-order valence-electron chi connectivity index (χ4n) is 4.39. The Labute approximate surface area is 211 Å². The number of benzene rings is 1. The van der Waals surface area contributed by atoms with E-state index < -0.39 is 0 Å². The second kappa shape index (κ2) is 9.79. The molecule has 1 aromatic carbocycles. The predicted molar refractivity (Wildman–Crippen MR) is 131 cm³/mol. The first-order valence-corrected chi connectivity index (χ1v) is 11.7. The molecule has 0 bridgehead atoms. The molecule has 1 aliphatic heterocycles. The summed E-state index contributed by atoms with van der Waals surface area (Å²) in [7, 11) is 1.54. The number of rotatable bonds is 7. The van der Waals surface area contributed by atoms with Crippen molar-refractivity contribution in [1.29, 1.82) is 5.26 Å². The van der Waals surface area contributed by atoms with Gasteiger partial charge in [0.05, 0.1) is 36.6 Å². The largest absolute Gasteiger partial charge is 0.496 e. The fourth-order valence-corrected chi connectivity index (χ4v) is 4.56. The van der Waals surface area contributed by atoms with Crippen LogP contribution < -0.4 is 4.74 Å². The number of amides is 1. The summed E-state index contributed by atoms with van der Waals surface area (Å²) < 4.78 is 8.58. The van der Waals surface area contributed by atoms with Crippen molar-refractivity contribution in [2.45, 2.75) is 19.4 Å². The zero-order valence-corrected chi connectivity index (χ0v) is 20.2. The number of ether oxygens (including phenoxy) is 1. The fraction of sp³-hybridized carbons (Fsp3) is 0.280. The number of carbonyl (C=O) groups is 2. The van der Waals surface area contributed by atoms with Gasteiger partial charge in [0.25, 0.3) is 0 Å². The lowest BCUT2D eigenvalue weighted by molar-refractivity contribution is -0.131. The third-order valence-corrected chi connectivity index (χ3v) is 6.44. The van der Waals surface area contributed by atoms with Crippen LogP contribution in [0.5, 0.6) is 5.75 Å². The van der Waals surface area contributed by atoms with Crippen LogP contribution in [0, 0.1) is 17.2 Å². The zero-order chi connectivity index (χ0) is 25.2. The van der Waals surface area contributed by atoms with Gasteiger partial charge < -0.3 is 9.64 Å². The highest BCUT2D eigenvalue weighted by Gasteiger charge is 2.27. The van der Waals surface area contributed by atoms with Crippen LogP contribution in [0.25, 0.3) is 16.9 Å². The van der Waals surface area contributed by atoms with E-state index in [1.54, 1.807) is 59.4 Å². The average Bonchev–Trinajstić information content (AvgIpc) is 3.62. The van der Waals surface area contributed by atoms with Crippen molar-refractivity contribution in [2.24, 2.45) is 5.92 Å². The number of nitrogens with zero attached hydrogens (tertiary/aromatic N) is 7. The number of Topliss-reactive ketones (excluding diaryl/α,β-unsaturated/α-hetero) is 1. The summed E-state index contributed by atoms with van der Waals surface area (Å²) in [5, 5.41) is 18.5. The molecule has 1 saturated heterocycles. The number of likely N-dealkylation sites (tertiary alicyclic amines) is 1. The molecule has 0 radical (unpaired) electrons. The highest BCUT2D eigenvalue weighted by Crippen LogP contribution is 2.34. The summed E-state index contributed by atoms with van der Waals surface area (Å²) in [5.41, 5.74) is 2.58. The van der Waals surface area contributed by atoms with Crippen molar-refractivity contribution in [3.05, 3.63) is 65.2 Å². The Hall–Kier alpha value is -4.23. The molecule has 1 fully saturated rings. The third-order valence-electron chi connectivity index (χ3n) is 6.21. The molecule has 10 nitrogen and oxygen atoms in total. The molecular weight excluding hydrogens is 482 g/mol. The van der Waals surface area contributed by atoms with Gasteiger partial charge in [-0.1, -0.05) is 11.6 Å². The van der Waals surface area contributed by atoms with Crippen molar-refractivity contribution >= 4 is 28.9 Å². The molecular formula is C25H22ClN7O3. The van der Waals surface area contributed by atoms with Crippen LogP contribution in [0.15, 0.2) is 49.1 Å². The van der Waals surface area contributed by atoms with Crippen molar-refractivity contribution in [3.63, 3.8) is 0 Å². The van der Waals surface area contributed by atoms with Gasteiger partial charge in [0.15, 0.2) is 11.4 Å². The van der Waals surface area contributed by atoms with Gasteiger partial charge in [-0.25, -0.2) is 9.50 Å². The van der Waals surface area contributed by atoms with Crippen LogP contribution >= 0.6 is 11.6 Å². The predicted octanol–water partition coefficient (Wildman–Crippen LogP) is 3.05. The van der Waals surface area contributed by atoms with Gasteiger partial charge in [-0.15, -0.1) is 0 Å². The van der Waals surface area contributed by atoms with E-state index in [2.05, 4.69) is 21.3 Å². The molecule has 0 aliphatic carbocycles. The number of aromatic nitrogens is 5. The molecule has 4 heterocycles. The van der Waals surface area contributed by atoms with Gasteiger partial charge in [0, 0.05) is 54.3 Å². The first-order chi connectivity index (χ1) is 17.5. The molecule has 3 aromatic heterocycles. The molecule has 5 rings (SSSR count). The van der Waals surface area contributed by atoms with Crippen LogP contribution in [0.1, 0.15) is 22.3 Å². The maximum atomic E-state index is 13.3. The number of methoxy groups -OCH3 is 1. The van der Waals surface area contributed by atoms with Crippen molar-refractivity contribution in [1.82, 2.24) is 29.3 Å². The average molecular weight is 504 g/mol. The number of ketones is 1.